The molecule has 0 aliphatic heterocycles. The standard InChI is InChI=1S/C10H5BrClF3N2/c11-7-3-6(12)1-2-8(7)17-4-9(16-5-17)10(13,14)15/h1-5H. The van der Waals surface area contributed by atoms with Crippen molar-refractivity contribution in [1.29, 1.82) is 0 Å². The monoisotopic (exact) mass is 324 g/mol. The highest BCUT2D eigenvalue weighted by Crippen LogP contribution is 2.30. The molecule has 1 aromatic heterocycles. The molecule has 0 aliphatic carbocycles. The van der Waals surface area contributed by atoms with Crippen molar-refractivity contribution >= 4 is 27.5 Å². The van der Waals surface area contributed by atoms with Crippen LogP contribution in [0.25, 0.3) is 5.69 Å². The summed E-state index contributed by atoms with van der Waals surface area (Å²) in [6.07, 6.45) is -2.41. The molecule has 2 aromatic rings. The van der Waals surface area contributed by atoms with Gasteiger partial charge in [0.25, 0.3) is 0 Å². The van der Waals surface area contributed by atoms with E-state index in [2.05, 4.69) is 20.9 Å². The summed E-state index contributed by atoms with van der Waals surface area (Å²) in [7, 11) is 0. The van der Waals surface area contributed by atoms with Crippen molar-refractivity contribution in [2.24, 2.45) is 0 Å². The van der Waals surface area contributed by atoms with E-state index in [4.69, 9.17) is 11.6 Å². The highest BCUT2D eigenvalue weighted by molar-refractivity contribution is 9.10. The largest absolute Gasteiger partial charge is 0.434 e. The summed E-state index contributed by atoms with van der Waals surface area (Å²) >= 11 is 8.98. The zero-order chi connectivity index (χ0) is 12.6. The Morgan fingerprint density at radius 2 is 2.00 bits per heavy atom. The maximum absolute atomic E-state index is 12.4. The fraction of sp³-hybridized carbons (Fsp3) is 0.100. The molecule has 1 aromatic carbocycles. The van der Waals surface area contributed by atoms with Gasteiger partial charge < -0.3 is 4.57 Å². The number of nitrogens with zero attached hydrogens (tertiary/aromatic N) is 2. The first kappa shape index (κ1) is 12.4. The van der Waals surface area contributed by atoms with Crippen molar-refractivity contribution in [3.8, 4) is 5.69 Å². The van der Waals surface area contributed by atoms with Gasteiger partial charge in [-0.2, -0.15) is 13.2 Å². The quantitative estimate of drug-likeness (QED) is 0.764. The first-order valence-corrected chi connectivity index (χ1v) is 5.61. The molecule has 0 saturated heterocycles. The van der Waals surface area contributed by atoms with Crippen LogP contribution in [0.2, 0.25) is 5.02 Å². The third kappa shape index (κ3) is 2.63. The molecular weight excluding hydrogens is 320 g/mol. The minimum atomic E-state index is -4.44. The lowest BCUT2D eigenvalue weighted by molar-refractivity contribution is -0.140. The Labute approximate surface area is 108 Å². The third-order valence-electron chi connectivity index (χ3n) is 2.06. The Hall–Kier alpha value is -1.01. The van der Waals surface area contributed by atoms with E-state index in [-0.39, 0.29) is 0 Å². The first-order chi connectivity index (χ1) is 7.88. The summed E-state index contributed by atoms with van der Waals surface area (Å²) < 4.78 is 39.0. The van der Waals surface area contributed by atoms with Gasteiger partial charge in [-0.3, -0.25) is 0 Å². The number of hydrogen-bond donors (Lipinski definition) is 0. The summed E-state index contributed by atoms with van der Waals surface area (Å²) in [6, 6.07) is 4.80. The van der Waals surface area contributed by atoms with Gasteiger partial charge in [0.2, 0.25) is 0 Å². The minimum absolute atomic E-state index is 0.497. The summed E-state index contributed by atoms with van der Waals surface area (Å²) in [5, 5.41) is 0.497. The zero-order valence-corrected chi connectivity index (χ0v) is 10.5. The number of hydrogen-bond acceptors (Lipinski definition) is 1. The molecule has 0 amide bonds. The van der Waals surface area contributed by atoms with Gasteiger partial charge in [-0.25, -0.2) is 4.98 Å². The Balaban J connectivity index is 2.44. The van der Waals surface area contributed by atoms with Gasteiger partial charge in [0.1, 0.15) is 0 Å². The van der Waals surface area contributed by atoms with Crippen molar-refractivity contribution in [1.82, 2.24) is 9.55 Å². The normalized spacial score (nSPS) is 11.8. The van der Waals surface area contributed by atoms with E-state index < -0.39 is 11.9 Å². The summed E-state index contributed by atoms with van der Waals surface area (Å²) in [6.45, 7) is 0. The van der Waals surface area contributed by atoms with Gasteiger partial charge in [0.05, 0.1) is 12.0 Å². The highest BCUT2D eigenvalue weighted by atomic mass is 79.9. The number of imidazole rings is 1. The van der Waals surface area contributed by atoms with E-state index in [0.29, 0.717) is 15.2 Å². The molecule has 2 nitrogen and oxygen atoms in total. The van der Waals surface area contributed by atoms with Gasteiger partial charge in [-0.05, 0) is 34.1 Å². The maximum atomic E-state index is 12.4. The molecule has 0 fully saturated rings. The fourth-order valence-corrected chi connectivity index (χ4v) is 2.18. The number of halogens is 5. The third-order valence-corrected chi connectivity index (χ3v) is 2.93. The van der Waals surface area contributed by atoms with E-state index in [9.17, 15) is 13.2 Å². The van der Waals surface area contributed by atoms with Crippen LogP contribution in [0.4, 0.5) is 13.2 Å². The van der Waals surface area contributed by atoms with Crippen molar-refractivity contribution in [2.75, 3.05) is 0 Å². The van der Waals surface area contributed by atoms with Crippen LogP contribution >= 0.6 is 27.5 Å². The first-order valence-electron chi connectivity index (χ1n) is 4.44. The van der Waals surface area contributed by atoms with Crippen LogP contribution < -0.4 is 0 Å². The molecule has 0 radical (unpaired) electrons. The number of alkyl halides is 3. The second-order valence-electron chi connectivity index (χ2n) is 3.26. The van der Waals surface area contributed by atoms with Crippen molar-refractivity contribution in [2.45, 2.75) is 6.18 Å². The predicted molar refractivity (Wildman–Crippen MR) is 61.3 cm³/mol. The lowest BCUT2D eigenvalue weighted by Crippen LogP contribution is -2.04. The molecule has 0 atom stereocenters. The topological polar surface area (TPSA) is 17.8 Å². The summed E-state index contributed by atoms with van der Waals surface area (Å²) in [5.41, 5.74) is -0.392. The molecule has 2 rings (SSSR count). The van der Waals surface area contributed by atoms with Gasteiger partial charge in [0, 0.05) is 15.7 Å². The minimum Gasteiger partial charge on any atom is -0.305 e. The van der Waals surface area contributed by atoms with Crippen molar-refractivity contribution < 1.29 is 13.2 Å². The lowest BCUT2D eigenvalue weighted by atomic mass is 10.3. The smallest absolute Gasteiger partial charge is 0.305 e. The van der Waals surface area contributed by atoms with Crippen LogP contribution in [-0.2, 0) is 6.18 Å². The Bertz CT molecular complexity index is 551. The predicted octanol–water partition coefficient (Wildman–Crippen LogP) is 4.31. The van der Waals surface area contributed by atoms with E-state index in [1.807, 2.05) is 0 Å². The molecule has 90 valence electrons. The van der Waals surface area contributed by atoms with E-state index >= 15 is 0 Å². The maximum Gasteiger partial charge on any atom is 0.434 e. The molecule has 0 bridgehead atoms. The van der Waals surface area contributed by atoms with Crippen LogP contribution in [0, 0.1) is 0 Å². The number of aromatic nitrogens is 2. The summed E-state index contributed by atoms with van der Waals surface area (Å²) in [5.74, 6) is 0. The molecule has 0 N–H and O–H groups in total. The van der Waals surface area contributed by atoms with Crippen LogP contribution in [0.3, 0.4) is 0 Å². The molecule has 0 aliphatic rings. The van der Waals surface area contributed by atoms with Crippen LogP contribution in [0.5, 0.6) is 0 Å². The molecule has 0 spiro atoms. The molecule has 1 heterocycles. The second-order valence-corrected chi connectivity index (χ2v) is 4.55. The van der Waals surface area contributed by atoms with E-state index in [0.717, 1.165) is 12.5 Å². The summed E-state index contributed by atoms with van der Waals surface area (Å²) in [4.78, 5) is 3.31. The highest BCUT2D eigenvalue weighted by Gasteiger charge is 2.33. The van der Waals surface area contributed by atoms with Gasteiger partial charge in [0.15, 0.2) is 5.69 Å². The molecular formula is C10H5BrClF3N2. The lowest BCUT2D eigenvalue weighted by Gasteiger charge is -2.05. The SMILES string of the molecule is FC(F)(F)c1cn(-c2ccc(Cl)cc2Br)cn1. The van der Waals surface area contributed by atoms with E-state index in [1.165, 1.54) is 4.57 Å². The number of benzene rings is 1. The van der Waals surface area contributed by atoms with Crippen LogP contribution in [0.15, 0.2) is 35.2 Å². The Morgan fingerprint density at radius 3 is 2.53 bits per heavy atom. The van der Waals surface area contributed by atoms with E-state index in [1.54, 1.807) is 18.2 Å². The molecule has 7 heteroatoms. The van der Waals surface area contributed by atoms with Gasteiger partial charge >= 0.3 is 6.18 Å². The number of rotatable bonds is 1. The van der Waals surface area contributed by atoms with Gasteiger partial charge in [-0.15, -0.1) is 0 Å². The Morgan fingerprint density at radius 1 is 1.29 bits per heavy atom. The second kappa shape index (κ2) is 4.34. The molecule has 0 saturated carbocycles. The molecule has 17 heavy (non-hydrogen) atoms. The van der Waals surface area contributed by atoms with Gasteiger partial charge in [-0.1, -0.05) is 11.6 Å². The molecule has 0 unspecified atom stereocenters. The van der Waals surface area contributed by atoms with Crippen molar-refractivity contribution in [3.05, 3.63) is 45.9 Å². The Kier molecular flexibility index (Phi) is 3.18. The zero-order valence-electron chi connectivity index (χ0n) is 8.17. The fourth-order valence-electron chi connectivity index (χ4n) is 1.29. The van der Waals surface area contributed by atoms with Crippen LogP contribution in [0.1, 0.15) is 5.69 Å². The average molecular weight is 326 g/mol. The van der Waals surface area contributed by atoms with Crippen LogP contribution in [-0.4, -0.2) is 9.55 Å². The average Bonchev–Trinajstić information content (AvgIpc) is 2.65. The van der Waals surface area contributed by atoms with Crippen molar-refractivity contribution in [3.63, 3.8) is 0 Å².